The first-order valence-corrected chi connectivity index (χ1v) is 6.97. The van der Waals surface area contributed by atoms with Gasteiger partial charge in [0.1, 0.15) is 0 Å². The predicted molar refractivity (Wildman–Crippen MR) is 74.3 cm³/mol. The van der Waals surface area contributed by atoms with Gasteiger partial charge in [0.15, 0.2) is 0 Å². The SMILES string of the molecule is CCC(C)C(NC)C1(c2ccccc2)CCC1. The van der Waals surface area contributed by atoms with Gasteiger partial charge in [0.05, 0.1) is 0 Å². The molecule has 0 spiro atoms. The molecule has 1 aromatic rings. The van der Waals surface area contributed by atoms with Crippen molar-refractivity contribution >= 4 is 0 Å². The first-order valence-electron chi connectivity index (χ1n) is 6.97. The predicted octanol–water partition coefficient (Wildman–Crippen LogP) is 3.74. The molecular weight excluding hydrogens is 206 g/mol. The molecule has 17 heavy (non-hydrogen) atoms. The van der Waals surface area contributed by atoms with Crippen LogP contribution in [-0.2, 0) is 5.41 Å². The van der Waals surface area contributed by atoms with E-state index in [1.54, 1.807) is 0 Å². The summed E-state index contributed by atoms with van der Waals surface area (Å²) in [6.07, 6.45) is 5.31. The van der Waals surface area contributed by atoms with E-state index < -0.39 is 0 Å². The third kappa shape index (κ3) is 2.13. The minimum Gasteiger partial charge on any atom is -0.316 e. The van der Waals surface area contributed by atoms with Gasteiger partial charge in [-0.15, -0.1) is 0 Å². The van der Waals surface area contributed by atoms with E-state index in [9.17, 15) is 0 Å². The number of rotatable bonds is 5. The quantitative estimate of drug-likeness (QED) is 0.814. The average Bonchev–Trinajstić information content (AvgIpc) is 2.33. The van der Waals surface area contributed by atoms with Crippen LogP contribution in [-0.4, -0.2) is 13.1 Å². The molecule has 0 bridgehead atoms. The van der Waals surface area contributed by atoms with Crippen LogP contribution in [0.5, 0.6) is 0 Å². The smallest absolute Gasteiger partial charge is 0.0186 e. The Labute approximate surface area is 106 Å². The second-order valence-electron chi connectivity index (χ2n) is 5.53. The molecule has 1 aliphatic rings. The van der Waals surface area contributed by atoms with Gasteiger partial charge in [-0.3, -0.25) is 0 Å². The van der Waals surface area contributed by atoms with E-state index in [0.717, 1.165) is 5.92 Å². The van der Waals surface area contributed by atoms with Crippen molar-refractivity contribution in [2.75, 3.05) is 7.05 Å². The average molecular weight is 231 g/mol. The highest BCUT2D eigenvalue weighted by atomic mass is 14.9. The van der Waals surface area contributed by atoms with E-state index in [4.69, 9.17) is 0 Å². The lowest BCUT2D eigenvalue weighted by Gasteiger charge is -2.50. The Kier molecular flexibility index (Phi) is 3.88. The summed E-state index contributed by atoms with van der Waals surface area (Å²) in [6, 6.07) is 11.7. The molecule has 0 aromatic heterocycles. The lowest BCUT2D eigenvalue weighted by Crippen LogP contribution is -2.54. The number of benzene rings is 1. The number of likely N-dealkylation sites (N-methyl/N-ethyl adjacent to an activating group) is 1. The summed E-state index contributed by atoms with van der Waals surface area (Å²) >= 11 is 0. The van der Waals surface area contributed by atoms with Crippen LogP contribution in [0.1, 0.15) is 45.1 Å². The molecule has 1 heteroatoms. The van der Waals surface area contributed by atoms with Crippen LogP contribution < -0.4 is 5.32 Å². The fourth-order valence-corrected chi connectivity index (χ4v) is 3.45. The zero-order valence-corrected chi connectivity index (χ0v) is 11.4. The van der Waals surface area contributed by atoms with Crippen LogP contribution in [0.25, 0.3) is 0 Å². The van der Waals surface area contributed by atoms with Crippen LogP contribution in [0.15, 0.2) is 30.3 Å². The Bertz CT molecular complexity index is 340. The van der Waals surface area contributed by atoms with E-state index in [0.29, 0.717) is 11.5 Å². The largest absolute Gasteiger partial charge is 0.316 e. The molecule has 0 radical (unpaired) electrons. The Hall–Kier alpha value is -0.820. The molecule has 0 aliphatic heterocycles. The second-order valence-corrected chi connectivity index (χ2v) is 5.53. The van der Waals surface area contributed by atoms with E-state index in [2.05, 4.69) is 56.5 Å². The Morgan fingerprint density at radius 2 is 1.88 bits per heavy atom. The standard InChI is InChI=1S/C16H25N/c1-4-13(2)15(17-3)16(11-8-12-16)14-9-6-5-7-10-14/h5-7,9-10,13,15,17H,4,8,11-12H2,1-3H3. The monoisotopic (exact) mass is 231 g/mol. The molecule has 94 valence electrons. The van der Waals surface area contributed by atoms with E-state index in [1.165, 1.54) is 31.2 Å². The fraction of sp³-hybridized carbons (Fsp3) is 0.625. The third-order valence-corrected chi connectivity index (χ3v) is 4.71. The van der Waals surface area contributed by atoms with E-state index >= 15 is 0 Å². The topological polar surface area (TPSA) is 12.0 Å². The van der Waals surface area contributed by atoms with Crippen molar-refractivity contribution < 1.29 is 0 Å². The summed E-state index contributed by atoms with van der Waals surface area (Å²) in [5, 5.41) is 3.59. The minimum absolute atomic E-state index is 0.394. The van der Waals surface area contributed by atoms with Gasteiger partial charge in [-0.2, -0.15) is 0 Å². The normalized spacial score (nSPS) is 21.6. The highest BCUT2D eigenvalue weighted by Gasteiger charge is 2.46. The molecule has 1 nitrogen and oxygen atoms in total. The first-order chi connectivity index (χ1) is 8.24. The summed E-state index contributed by atoms with van der Waals surface area (Å²) in [5.41, 5.74) is 1.93. The van der Waals surface area contributed by atoms with Gasteiger partial charge in [0, 0.05) is 11.5 Å². The summed E-state index contributed by atoms with van der Waals surface area (Å²) in [6.45, 7) is 4.68. The second kappa shape index (κ2) is 5.22. The molecule has 1 N–H and O–H groups in total. The maximum absolute atomic E-state index is 3.59. The van der Waals surface area contributed by atoms with Gasteiger partial charge >= 0.3 is 0 Å². The molecule has 2 atom stereocenters. The zero-order chi connectivity index (χ0) is 12.3. The van der Waals surface area contributed by atoms with E-state index in [1.807, 2.05) is 0 Å². The van der Waals surface area contributed by atoms with Crippen LogP contribution in [0, 0.1) is 5.92 Å². The van der Waals surface area contributed by atoms with Crippen LogP contribution in [0.3, 0.4) is 0 Å². The summed E-state index contributed by atoms with van der Waals surface area (Å²) in [5.74, 6) is 0.737. The molecule has 1 aromatic carbocycles. The van der Waals surface area contributed by atoms with Crippen LogP contribution >= 0.6 is 0 Å². The molecular formula is C16H25N. The Morgan fingerprint density at radius 3 is 2.29 bits per heavy atom. The number of nitrogens with one attached hydrogen (secondary N) is 1. The van der Waals surface area contributed by atoms with Gasteiger partial charge in [0.25, 0.3) is 0 Å². The maximum atomic E-state index is 3.59. The highest BCUT2D eigenvalue weighted by molar-refractivity contribution is 5.31. The van der Waals surface area contributed by atoms with Crippen LogP contribution in [0.2, 0.25) is 0 Å². The maximum Gasteiger partial charge on any atom is 0.0186 e. The number of hydrogen-bond donors (Lipinski definition) is 1. The molecule has 1 saturated carbocycles. The third-order valence-electron chi connectivity index (χ3n) is 4.71. The van der Waals surface area contributed by atoms with Gasteiger partial charge in [-0.05, 0) is 31.4 Å². The molecule has 2 rings (SSSR count). The minimum atomic E-state index is 0.394. The van der Waals surface area contributed by atoms with Crippen molar-refractivity contribution in [1.29, 1.82) is 0 Å². The lowest BCUT2D eigenvalue weighted by molar-refractivity contribution is 0.134. The highest BCUT2D eigenvalue weighted by Crippen LogP contribution is 2.48. The summed E-state index contributed by atoms with van der Waals surface area (Å²) in [4.78, 5) is 0. The molecule has 1 fully saturated rings. The summed E-state index contributed by atoms with van der Waals surface area (Å²) in [7, 11) is 2.12. The van der Waals surface area contributed by atoms with E-state index in [-0.39, 0.29) is 0 Å². The molecule has 1 aliphatic carbocycles. The fourth-order valence-electron chi connectivity index (χ4n) is 3.45. The molecule has 0 heterocycles. The van der Waals surface area contributed by atoms with Gasteiger partial charge in [-0.1, -0.05) is 57.0 Å². The number of hydrogen-bond acceptors (Lipinski definition) is 1. The Morgan fingerprint density at radius 1 is 1.24 bits per heavy atom. The van der Waals surface area contributed by atoms with Crippen LogP contribution in [0.4, 0.5) is 0 Å². The van der Waals surface area contributed by atoms with Crippen molar-refractivity contribution in [3.63, 3.8) is 0 Å². The van der Waals surface area contributed by atoms with Crippen molar-refractivity contribution in [3.8, 4) is 0 Å². The van der Waals surface area contributed by atoms with Crippen molar-refractivity contribution in [3.05, 3.63) is 35.9 Å². The van der Waals surface area contributed by atoms with Crippen molar-refractivity contribution in [2.24, 2.45) is 5.92 Å². The van der Waals surface area contributed by atoms with Gasteiger partial charge < -0.3 is 5.32 Å². The lowest BCUT2D eigenvalue weighted by atomic mass is 9.57. The van der Waals surface area contributed by atoms with Crippen molar-refractivity contribution in [2.45, 2.75) is 51.0 Å². The van der Waals surface area contributed by atoms with Gasteiger partial charge in [0.2, 0.25) is 0 Å². The Balaban J connectivity index is 2.30. The molecule has 2 unspecified atom stereocenters. The van der Waals surface area contributed by atoms with Crippen molar-refractivity contribution in [1.82, 2.24) is 5.32 Å². The zero-order valence-electron chi connectivity index (χ0n) is 11.4. The molecule has 0 saturated heterocycles. The first kappa shape index (κ1) is 12.6. The summed E-state index contributed by atoms with van der Waals surface area (Å²) < 4.78 is 0. The van der Waals surface area contributed by atoms with Gasteiger partial charge in [-0.25, -0.2) is 0 Å². The molecule has 0 amide bonds.